The van der Waals surface area contributed by atoms with Crippen LogP contribution < -0.4 is 9.64 Å². The number of nitrogens with one attached hydrogen (secondary N) is 1. The summed E-state index contributed by atoms with van der Waals surface area (Å²) in [4.78, 5) is 15.4. The van der Waals surface area contributed by atoms with Crippen LogP contribution >= 0.6 is 0 Å². The van der Waals surface area contributed by atoms with Gasteiger partial charge in [0.25, 0.3) is 5.91 Å². The fourth-order valence-corrected chi connectivity index (χ4v) is 3.75. The number of quaternary nitrogens is 1. The van der Waals surface area contributed by atoms with Crippen LogP contribution in [-0.2, 0) is 0 Å². The molecule has 156 valence electrons. The molecule has 0 unspecified atom stereocenters. The Labute approximate surface area is 176 Å². The first-order chi connectivity index (χ1) is 14.7. The first kappa shape index (κ1) is 20.2. The van der Waals surface area contributed by atoms with Crippen LogP contribution in [0.2, 0.25) is 0 Å². The van der Waals surface area contributed by atoms with E-state index in [0.717, 1.165) is 30.0 Å². The second-order valence-corrected chi connectivity index (χ2v) is 7.58. The highest BCUT2D eigenvalue weighted by atomic mass is 16.5. The van der Waals surface area contributed by atoms with Gasteiger partial charge in [-0.15, -0.1) is 0 Å². The molecule has 1 aliphatic rings. The molecule has 3 aromatic rings. The third-order valence-corrected chi connectivity index (χ3v) is 5.42. The lowest BCUT2D eigenvalue weighted by Crippen LogP contribution is -3.16. The molecule has 6 nitrogen and oxygen atoms in total. The predicted molar refractivity (Wildman–Crippen MR) is 114 cm³/mol. The van der Waals surface area contributed by atoms with Crippen molar-refractivity contribution in [2.75, 3.05) is 39.3 Å². The zero-order chi connectivity index (χ0) is 20.8. The molecule has 2 aromatic carbocycles. The van der Waals surface area contributed by atoms with Crippen LogP contribution in [0.4, 0.5) is 0 Å². The maximum atomic E-state index is 12.3. The van der Waals surface area contributed by atoms with Crippen molar-refractivity contribution in [3.63, 3.8) is 0 Å². The number of rotatable bonds is 7. The van der Waals surface area contributed by atoms with Gasteiger partial charge in [0.15, 0.2) is 5.76 Å². The molecule has 1 aliphatic heterocycles. The number of aliphatic hydroxyl groups excluding tert-OH is 1. The summed E-state index contributed by atoms with van der Waals surface area (Å²) in [6, 6.07) is 21.5. The second-order valence-electron chi connectivity index (χ2n) is 7.58. The molecule has 1 atom stereocenters. The van der Waals surface area contributed by atoms with Crippen LogP contribution in [0, 0.1) is 0 Å². The summed E-state index contributed by atoms with van der Waals surface area (Å²) in [5.74, 6) is 1.06. The van der Waals surface area contributed by atoms with Gasteiger partial charge in [0, 0.05) is 0 Å². The van der Waals surface area contributed by atoms with Crippen LogP contribution in [0.1, 0.15) is 10.6 Å². The number of carbonyl (C=O) groups excluding carboxylic acids is 1. The second kappa shape index (κ2) is 9.61. The van der Waals surface area contributed by atoms with Crippen LogP contribution in [0.5, 0.6) is 5.75 Å². The van der Waals surface area contributed by atoms with Gasteiger partial charge in [0.1, 0.15) is 25.0 Å². The number of benzene rings is 2. The number of piperazine rings is 1. The fraction of sp³-hybridized carbons (Fsp3) is 0.292. The van der Waals surface area contributed by atoms with Crippen molar-refractivity contribution in [2.45, 2.75) is 6.10 Å². The molecule has 2 N–H and O–H groups in total. The summed E-state index contributed by atoms with van der Waals surface area (Å²) in [5, 5.41) is 10.4. The lowest BCUT2D eigenvalue weighted by molar-refractivity contribution is -0.907. The van der Waals surface area contributed by atoms with Gasteiger partial charge >= 0.3 is 0 Å². The fourth-order valence-electron chi connectivity index (χ4n) is 3.75. The molecule has 0 saturated carbocycles. The molecule has 6 heteroatoms. The molecule has 0 spiro atoms. The molecule has 0 radical (unpaired) electrons. The summed E-state index contributed by atoms with van der Waals surface area (Å²) in [6.07, 6.45) is 0.960. The summed E-state index contributed by atoms with van der Waals surface area (Å²) < 4.78 is 11.0. The molecule has 2 heterocycles. The van der Waals surface area contributed by atoms with Crippen molar-refractivity contribution >= 4 is 5.91 Å². The molecule has 1 aromatic heterocycles. The molecule has 4 rings (SSSR count). The topological polar surface area (TPSA) is 67.4 Å². The molecule has 0 aliphatic carbocycles. The molecule has 1 fully saturated rings. The van der Waals surface area contributed by atoms with Crippen molar-refractivity contribution in [2.24, 2.45) is 0 Å². The third kappa shape index (κ3) is 5.09. The van der Waals surface area contributed by atoms with E-state index in [1.807, 2.05) is 42.5 Å². The van der Waals surface area contributed by atoms with Crippen molar-refractivity contribution in [1.82, 2.24) is 4.90 Å². The minimum Gasteiger partial charge on any atom is -0.491 e. The Bertz CT molecular complexity index is 918. The average Bonchev–Trinajstić information content (AvgIpc) is 3.34. The zero-order valence-corrected chi connectivity index (χ0v) is 16.9. The Hall–Kier alpha value is -3.09. The van der Waals surface area contributed by atoms with E-state index in [0.29, 0.717) is 25.4 Å². The normalized spacial score (nSPS) is 15.7. The Kier molecular flexibility index (Phi) is 6.47. The van der Waals surface area contributed by atoms with Crippen LogP contribution in [0.15, 0.2) is 77.4 Å². The highest BCUT2D eigenvalue weighted by Gasteiger charge is 2.27. The maximum Gasteiger partial charge on any atom is 0.289 e. The van der Waals surface area contributed by atoms with Gasteiger partial charge in [-0.05, 0) is 35.4 Å². The van der Waals surface area contributed by atoms with Gasteiger partial charge in [0.05, 0.1) is 32.4 Å². The quantitative estimate of drug-likeness (QED) is 0.626. The first-order valence-electron chi connectivity index (χ1n) is 10.3. The molecule has 30 heavy (non-hydrogen) atoms. The average molecular weight is 407 g/mol. The van der Waals surface area contributed by atoms with Crippen molar-refractivity contribution < 1.29 is 24.0 Å². The zero-order valence-electron chi connectivity index (χ0n) is 16.9. The largest absolute Gasteiger partial charge is 0.491 e. The molecule has 1 saturated heterocycles. The highest BCUT2D eigenvalue weighted by Crippen LogP contribution is 2.22. The Morgan fingerprint density at radius 1 is 1.00 bits per heavy atom. The summed E-state index contributed by atoms with van der Waals surface area (Å²) in [7, 11) is 0. The summed E-state index contributed by atoms with van der Waals surface area (Å²) in [6.45, 7) is 3.77. The van der Waals surface area contributed by atoms with Gasteiger partial charge in [0.2, 0.25) is 0 Å². The van der Waals surface area contributed by atoms with Gasteiger partial charge in [-0.25, -0.2) is 0 Å². The standard InChI is InChI=1S/C24H26N2O4/c27-21(17-25-12-14-26(15-13-25)24(28)23-7-4-16-29-23)18-30-22-10-8-20(9-11-22)19-5-2-1-3-6-19/h1-11,16,21,27H,12-15,17-18H2/p+1/t21-/m1/s1. The van der Waals surface area contributed by atoms with Crippen LogP contribution in [0.25, 0.3) is 11.1 Å². The van der Waals surface area contributed by atoms with Gasteiger partial charge in [-0.1, -0.05) is 42.5 Å². The number of hydrogen-bond donors (Lipinski definition) is 2. The number of aliphatic hydroxyl groups is 1. The van der Waals surface area contributed by atoms with E-state index >= 15 is 0 Å². The van der Waals surface area contributed by atoms with Crippen molar-refractivity contribution in [3.8, 4) is 16.9 Å². The summed E-state index contributed by atoms with van der Waals surface area (Å²) >= 11 is 0. The number of hydrogen-bond acceptors (Lipinski definition) is 4. The van der Waals surface area contributed by atoms with E-state index < -0.39 is 6.10 Å². The van der Waals surface area contributed by atoms with Crippen LogP contribution in [0.3, 0.4) is 0 Å². The maximum absolute atomic E-state index is 12.3. The molecular weight excluding hydrogens is 380 g/mol. The Morgan fingerprint density at radius 3 is 2.37 bits per heavy atom. The van der Waals surface area contributed by atoms with Crippen molar-refractivity contribution in [3.05, 3.63) is 78.8 Å². The highest BCUT2D eigenvalue weighted by molar-refractivity contribution is 5.91. The minimum atomic E-state index is -0.555. The van der Waals surface area contributed by atoms with E-state index in [-0.39, 0.29) is 12.5 Å². The van der Waals surface area contributed by atoms with E-state index in [2.05, 4.69) is 12.1 Å². The van der Waals surface area contributed by atoms with E-state index in [1.165, 1.54) is 11.2 Å². The monoisotopic (exact) mass is 407 g/mol. The number of amides is 1. The first-order valence-corrected chi connectivity index (χ1v) is 10.3. The number of furan rings is 1. The smallest absolute Gasteiger partial charge is 0.289 e. The van der Waals surface area contributed by atoms with Gasteiger partial charge in [-0.2, -0.15) is 0 Å². The lowest BCUT2D eigenvalue weighted by atomic mass is 10.1. The van der Waals surface area contributed by atoms with Gasteiger partial charge in [-0.3, -0.25) is 4.79 Å². The molecular formula is C24H27N2O4+. The number of ether oxygens (including phenoxy) is 1. The molecule has 0 bridgehead atoms. The number of nitrogens with zero attached hydrogens (tertiary/aromatic N) is 1. The Balaban J connectivity index is 1.20. The molecule has 1 amide bonds. The lowest BCUT2D eigenvalue weighted by Gasteiger charge is -2.32. The minimum absolute atomic E-state index is 0.0677. The van der Waals surface area contributed by atoms with Crippen LogP contribution in [-0.4, -0.2) is 61.3 Å². The summed E-state index contributed by atoms with van der Waals surface area (Å²) in [5.41, 5.74) is 2.30. The SMILES string of the molecule is O=C(c1ccco1)N1CC[NH+](C[C@@H](O)COc2ccc(-c3ccccc3)cc2)CC1. The number of carbonyl (C=O) groups is 1. The third-order valence-electron chi connectivity index (χ3n) is 5.42. The van der Waals surface area contributed by atoms with Crippen molar-refractivity contribution in [1.29, 1.82) is 0 Å². The predicted octanol–water partition coefficient (Wildman–Crippen LogP) is 1.73. The van der Waals surface area contributed by atoms with E-state index in [1.54, 1.807) is 17.0 Å². The van der Waals surface area contributed by atoms with E-state index in [4.69, 9.17) is 9.15 Å². The van der Waals surface area contributed by atoms with E-state index in [9.17, 15) is 9.90 Å². The van der Waals surface area contributed by atoms with Gasteiger partial charge < -0.3 is 24.1 Å². The Morgan fingerprint density at radius 2 is 1.70 bits per heavy atom.